The lowest BCUT2D eigenvalue weighted by Gasteiger charge is -2.31. The monoisotopic (exact) mass is 487 g/mol. The largest absolute Gasteiger partial charge is 0.353 e. The summed E-state index contributed by atoms with van der Waals surface area (Å²) >= 11 is 0. The number of sulfonamides is 1. The molecule has 2 saturated carbocycles. The van der Waals surface area contributed by atoms with Gasteiger partial charge in [0.2, 0.25) is 21.8 Å². The molecule has 1 N–H and O–H groups in total. The van der Waals surface area contributed by atoms with Gasteiger partial charge in [0.15, 0.2) is 0 Å². The SMILES string of the molecule is CC1Cc2cc(S(=O)(=O)N3CCC(C(=O)NC4CCCCCC4)CC3)ccc2N1C(=O)C1CC1. The van der Waals surface area contributed by atoms with Crippen molar-refractivity contribution in [2.45, 2.75) is 94.5 Å². The van der Waals surface area contributed by atoms with Crippen LogP contribution in [-0.4, -0.2) is 49.7 Å². The van der Waals surface area contributed by atoms with Gasteiger partial charge in [0.05, 0.1) is 4.90 Å². The quantitative estimate of drug-likeness (QED) is 0.643. The lowest BCUT2D eigenvalue weighted by molar-refractivity contribution is -0.127. The molecule has 5 rings (SSSR count). The van der Waals surface area contributed by atoms with E-state index in [9.17, 15) is 18.0 Å². The van der Waals surface area contributed by atoms with Crippen molar-refractivity contribution in [3.63, 3.8) is 0 Å². The maximum atomic E-state index is 13.4. The fraction of sp³-hybridized carbons (Fsp3) is 0.692. The first-order chi connectivity index (χ1) is 16.3. The molecule has 3 fully saturated rings. The van der Waals surface area contributed by atoms with Crippen LogP contribution in [0.2, 0.25) is 0 Å². The summed E-state index contributed by atoms with van der Waals surface area (Å²) in [7, 11) is -3.63. The molecule has 1 aromatic rings. The summed E-state index contributed by atoms with van der Waals surface area (Å²) in [6.45, 7) is 2.76. The first-order valence-corrected chi connectivity index (χ1v) is 14.5. The maximum absolute atomic E-state index is 13.4. The maximum Gasteiger partial charge on any atom is 0.243 e. The molecule has 7 nitrogen and oxygen atoms in total. The summed E-state index contributed by atoms with van der Waals surface area (Å²) in [5.41, 5.74) is 1.79. The van der Waals surface area contributed by atoms with E-state index in [1.165, 1.54) is 30.0 Å². The number of carbonyl (C=O) groups excluding carboxylic acids is 2. The minimum Gasteiger partial charge on any atom is -0.353 e. The molecule has 34 heavy (non-hydrogen) atoms. The number of nitrogens with one attached hydrogen (secondary N) is 1. The van der Waals surface area contributed by atoms with Crippen molar-refractivity contribution in [2.24, 2.45) is 11.8 Å². The molecular weight excluding hydrogens is 450 g/mol. The van der Waals surface area contributed by atoms with E-state index in [0.29, 0.717) is 37.2 Å². The van der Waals surface area contributed by atoms with Crippen LogP contribution in [0.4, 0.5) is 5.69 Å². The molecule has 2 aliphatic heterocycles. The topological polar surface area (TPSA) is 86.8 Å². The standard InChI is InChI=1S/C26H37N3O4S/c1-18-16-21-17-23(10-11-24(21)29(18)26(31)20-8-9-20)34(32,33)28-14-12-19(13-15-28)25(30)27-22-6-4-2-3-5-7-22/h10-11,17-20,22H,2-9,12-16H2,1H3,(H,27,30). The molecule has 2 heterocycles. The van der Waals surface area contributed by atoms with E-state index in [-0.39, 0.29) is 35.7 Å². The molecular formula is C26H37N3O4S. The highest BCUT2D eigenvalue weighted by Gasteiger charge is 2.40. The zero-order valence-corrected chi connectivity index (χ0v) is 21.0. The van der Waals surface area contributed by atoms with Crippen molar-refractivity contribution in [1.82, 2.24) is 9.62 Å². The van der Waals surface area contributed by atoms with Crippen LogP contribution >= 0.6 is 0 Å². The minimum absolute atomic E-state index is 0.0590. The molecule has 0 radical (unpaired) electrons. The molecule has 0 aromatic heterocycles. The average Bonchev–Trinajstić information content (AvgIpc) is 3.65. The van der Waals surface area contributed by atoms with Crippen molar-refractivity contribution in [2.75, 3.05) is 18.0 Å². The number of nitrogens with zero attached hydrogens (tertiary/aromatic N) is 2. The molecule has 186 valence electrons. The van der Waals surface area contributed by atoms with Crippen LogP contribution in [0.1, 0.15) is 76.7 Å². The van der Waals surface area contributed by atoms with Crippen molar-refractivity contribution in [3.8, 4) is 0 Å². The van der Waals surface area contributed by atoms with Crippen LogP contribution in [0, 0.1) is 11.8 Å². The molecule has 4 aliphatic rings. The molecule has 2 amide bonds. The second-order valence-electron chi connectivity index (χ2n) is 10.7. The van der Waals surface area contributed by atoms with Gasteiger partial charge < -0.3 is 10.2 Å². The van der Waals surface area contributed by atoms with Crippen LogP contribution < -0.4 is 10.2 Å². The average molecular weight is 488 g/mol. The van der Waals surface area contributed by atoms with Gasteiger partial charge in [-0.3, -0.25) is 9.59 Å². The van der Waals surface area contributed by atoms with Crippen molar-refractivity contribution >= 4 is 27.5 Å². The molecule has 0 bridgehead atoms. The van der Waals surface area contributed by atoms with E-state index in [0.717, 1.165) is 36.9 Å². The number of amides is 2. The number of benzene rings is 1. The van der Waals surface area contributed by atoms with Gasteiger partial charge >= 0.3 is 0 Å². The van der Waals surface area contributed by atoms with E-state index in [1.807, 2.05) is 11.8 Å². The summed E-state index contributed by atoms with van der Waals surface area (Å²) < 4.78 is 28.3. The Kier molecular flexibility index (Phi) is 6.73. The molecule has 1 unspecified atom stereocenters. The van der Waals surface area contributed by atoms with Gasteiger partial charge in [-0.05, 0) is 75.6 Å². The van der Waals surface area contributed by atoms with E-state index in [1.54, 1.807) is 18.2 Å². The predicted molar refractivity (Wildman–Crippen MR) is 131 cm³/mol. The molecule has 1 aromatic carbocycles. The van der Waals surface area contributed by atoms with Crippen LogP contribution in [0.15, 0.2) is 23.1 Å². The normalized spacial score (nSPS) is 25.1. The summed E-state index contributed by atoms with van der Waals surface area (Å²) in [6, 6.07) is 5.54. The van der Waals surface area contributed by atoms with Gasteiger partial charge in [-0.25, -0.2) is 8.42 Å². The van der Waals surface area contributed by atoms with Crippen LogP contribution in [0.5, 0.6) is 0 Å². The minimum atomic E-state index is -3.63. The number of carbonyl (C=O) groups is 2. The zero-order chi connectivity index (χ0) is 23.9. The Morgan fingerprint density at radius 2 is 1.59 bits per heavy atom. The highest BCUT2D eigenvalue weighted by Crippen LogP contribution is 2.40. The Morgan fingerprint density at radius 1 is 0.912 bits per heavy atom. The predicted octanol–water partition coefficient (Wildman–Crippen LogP) is 3.61. The van der Waals surface area contributed by atoms with E-state index >= 15 is 0 Å². The van der Waals surface area contributed by atoms with E-state index < -0.39 is 10.0 Å². The van der Waals surface area contributed by atoms with Crippen LogP contribution in [-0.2, 0) is 26.0 Å². The number of anilines is 1. The second-order valence-corrected chi connectivity index (χ2v) is 12.6. The van der Waals surface area contributed by atoms with Crippen LogP contribution in [0.25, 0.3) is 0 Å². The summed E-state index contributed by atoms with van der Waals surface area (Å²) in [6.07, 6.45) is 10.7. The Balaban J connectivity index is 1.22. The van der Waals surface area contributed by atoms with Crippen molar-refractivity contribution in [1.29, 1.82) is 0 Å². The molecule has 1 saturated heterocycles. The summed E-state index contributed by atoms with van der Waals surface area (Å²) in [5, 5.41) is 3.23. The third-order valence-corrected chi connectivity index (χ3v) is 9.99. The van der Waals surface area contributed by atoms with Crippen molar-refractivity contribution in [3.05, 3.63) is 23.8 Å². The third-order valence-electron chi connectivity index (χ3n) is 8.09. The van der Waals surface area contributed by atoms with E-state index in [2.05, 4.69) is 5.32 Å². The number of rotatable bonds is 5. The van der Waals surface area contributed by atoms with Gasteiger partial charge in [-0.2, -0.15) is 4.31 Å². The zero-order valence-electron chi connectivity index (χ0n) is 20.2. The van der Waals surface area contributed by atoms with Gasteiger partial charge in [0, 0.05) is 42.7 Å². The smallest absolute Gasteiger partial charge is 0.243 e. The Labute approximate surface area is 203 Å². The summed E-state index contributed by atoms with van der Waals surface area (Å²) in [4.78, 5) is 27.7. The molecule has 2 aliphatic carbocycles. The number of piperidine rings is 1. The third kappa shape index (κ3) is 4.76. The molecule has 8 heteroatoms. The first kappa shape index (κ1) is 23.8. The van der Waals surface area contributed by atoms with Crippen molar-refractivity contribution < 1.29 is 18.0 Å². The Hall–Kier alpha value is -1.93. The second kappa shape index (κ2) is 9.61. The van der Waals surface area contributed by atoms with E-state index in [4.69, 9.17) is 0 Å². The number of hydrogen-bond acceptors (Lipinski definition) is 4. The first-order valence-electron chi connectivity index (χ1n) is 13.1. The van der Waals surface area contributed by atoms with Crippen LogP contribution in [0.3, 0.4) is 0 Å². The van der Waals surface area contributed by atoms with Gasteiger partial charge in [-0.1, -0.05) is 25.7 Å². The van der Waals surface area contributed by atoms with Gasteiger partial charge in [-0.15, -0.1) is 0 Å². The lowest BCUT2D eigenvalue weighted by atomic mass is 9.96. The number of fused-ring (bicyclic) bond motifs is 1. The highest BCUT2D eigenvalue weighted by molar-refractivity contribution is 7.89. The molecule has 1 atom stereocenters. The Bertz CT molecular complexity index is 1040. The van der Waals surface area contributed by atoms with Gasteiger partial charge in [0.25, 0.3) is 0 Å². The number of hydrogen-bond donors (Lipinski definition) is 1. The summed E-state index contributed by atoms with van der Waals surface area (Å²) in [5.74, 6) is 0.289. The Morgan fingerprint density at radius 3 is 2.24 bits per heavy atom. The fourth-order valence-corrected chi connectivity index (χ4v) is 7.40. The fourth-order valence-electron chi connectivity index (χ4n) is 5.88. The highest BCUT2D eigenvalue weighted by atomic mass is 32.2. The lowest BCUT2D eigenvalue weighted by Crippen LogP contribution is -2.45. The molecule has 0 spiro atoms. The van der Waals surface area contributed by atoms with Gasteiger partial charge in [0.1, 0.15) is 0 Å².